The molecule has 2 aromatic rings. The summed E-state index contributed by atoms with van der Waals surface area (Å²) in [6, 6.07) is 15.7. The van der Waals surface area contributed by atoms with Crippen molar-refractivity contribution in [1.82, 2.24) is 4.31 Å². The van der Waals surface area contributed by atoms with Gasteiger partial charge in [0.2, 0.25) is 10.0 Å². The van der Waals surface area contributed by atoms with Gasteiger partial charge < -0.3 is 10.6 Å². The summed E-state index contributed by atoms with van der Waals surface area (Å²) in [6.45, 7) is 2.14. The molecule has 170 valence electrons. The van der Waals surface area contributed by atoms with Gasteiger partial charge in [-0.2, -0.15) is 4.31 Å². The van der Waals surface area contributed by atoms with Gasteiger partial charge in [0, 0.05) is 19.0 Å². The van der Waals surface area contributed by atoms with Crippen LogP contribution in [-0.4, -0.2) is 31.0 Å². The molecule has 0 aromatic heterocycles. The van der Waals surface area contributed by atoms with Crippen LogP contribution >= 0.6 is 0 Å². The molecule has 5 nitrogen and oxygen atoms in total. The number of fused-ring (bicyclic) bond motifs is 1. The first-order valence-electron chi connectivity index (χ1n) is 12.0. The molecular weight excluding hydrogens is 418 g/mol. The molecule has 0 atom stereocenters. The smallest absolute Gasteiger partial charge is 0.243 e. The van der Waals surface area contributed by atoms with Gasteiger partial charge in [0.25, 0.3) is 0 Å². The number of anilines is 2. The van der Waals surface area contributed by atoms with E-state index in [4.69, 9.17) is 0 Å². The van der Waals surface area contributed by atoms with E-state index in [1.165, 1.54) is 19.3 Å². The van der Waals surface area contributed by atoms with Crippen LogP contribution in [0.5, 0.6) is 0 Å². The van der Waals surface area contributed by atoms with Gasteiger partial charge in [0.1, 0.15) is 5.66 Å². The highest BCUT2D eigenvalue weighted by molar-refractivity contribution is 7.89. The lowest BCUT2D eigenvalue weighted by molar-refractivity contribution is -0.0495. The lowest BCUT2D eigenvalue weighted by atomic mass is 9.53. The molecular formula is C26H33N3O2S. The summed E-state index contributed by atoms with van der Waals surface area (Å²) in [6.07, 6.45) is 7.83. The van der Waals surface area contributed by atoms with Crippen LogP contribution in [0.4, 0.5) is 11.4 Å². The molecule has 32 heavy (non-hydrogen) atoms. The zero-order valence-corrected chi connectivity index (χ0v) is 19.8. The maximum Gasteiger partial charge on any atom is 0.243 e. The number of nitrogens with zero attached hydrogens (tertiary/aromatic N) is 1. The standard InChI is InChI=1S/C26H33N3O2S/c1-25(27-23-5-3-4-6-24(23)28-25)14-18-7-9-22(10-8-18)32(30,31)29(2)26-15-19-11-20(16-26)13-21(12-19)17-26/h3-10,19-21,27-28H,11-17H2,1-2H3. The fourth-order valence-electron chi connectivity index (χ4n) is 7.47. The Morgan fingerprint density at radius 2 is 1.38 bits per heavy atom. The van der Waals surface area contributed by atoms with Gasteiger partial charge in [-0.05, 0) is 93.0 Å². The Morgan fingerprint density at radius 1 is 0.875 bits per heavy atom. The number of benzene rings is 2. The molecule has 0 saturated heterocycles. The molecule has 2 N–H and O–H groups in total. The predicted octanol–water partition coefficient (Wildman–Crippen LogP) is 5.07. The topological polar surface area (TPSA) is 61.4 Å². The zero-order chi connectivity index (χ0) is 22.1. The van der Waals surface area contributed by atoms with Crippen molar-refractivity contribution >= 4 is 21.4 Å². The van der Waals surface area contributed by atoms with Crippen molar-refractivity contribution in [2.24, 2.45) is 17.8 Å². The van der Waals surface area contributed by atoms with E-state index in [1.54, 1.807) is 16.4 Å². The van der Waals surface area contributed by atoms with Crippen LogP contribution in [0.1, 0.15) is 51.0 Å². The van der Waals surface area contributed by atoms with Crippen molar-refractivity contribution in [3.8, 4) is 0 Å². The van der Waals surface area contributed by atoms with Crippen LogP contribution in [0.2, 0.25) is 0 Å². The van der Waals surface area contributed by atoms with E-state index < -0.39 is 10.0 Å². The number of para-hydroxylation sites is 2. The van der Waals surface area contributed by atoms with Crippen LogP contribution in [0.15, 0.2) is 53.4 Å². The summed E-state index contributed by atoms with van der Waals surface area (Å²) in [4.78, 5) is 0.417. The molecule has 2 aromatic carbocycles. The molecule has 0 unspecified atom stereocenters. The van der Waals surface area contributed by atoms with Crippen molar-refractivity contribution in [2.45, 2.75) is 68.0 Å². The fraction of sp³-hybridized carbons (Fsp3) is 0.538. The molecule has 7 rings (SSSR count). The van der Waals surface area contributed by atoms with Crippen LogP contribution in [0, 0.1) is 17.8 Å². The summed E-state index contributed by atoms with van der Waals surface area (Å²) in [7, 11) is -1.67. The summed E-state index contributed by atoms with van der Waals surface area (Å²) in [5.74, 6) is 2.16. The monoisotopic (exact) mass is 451 g/mol. The van der Waals surface area contributed by atoms with E-state index in [-0.39, 0.29) is 11.2 Å². The summed E-state index contributed by atoms with van der Waals surface area (Å²) < 4.78 is 29.0. The largest absolute Gasteiger partial charge is 0.361 e. The van der Waals surface area contributed by atoms with Crippen molar-refractivity contribution < 1.29 is 8.42 Å². The first kappa shape index (κ1) is 20.5. The van der Waals surface area contributed by atoms with E-state index in [1.807, 2.05) is 31.3 Å². The first-order chi connectivity index (χ1) is 15.2. The minimum atomic E-state index is -3.50. The number of nitrogens with one attached hydrogen (secondary N) is 2. The van der Waals surface area contributed by atoms with Gasteiger partial charge in [-0.15, -0.1) is 0 Å². The highest BCUT2D eigenvalue weighted by atomic mass is 32.2. The molecule has 0 spiro atoms. The number of rotatable bonds is 5. The molecule has 6 heteroatoms. The Bertz CT molecular complexity index is 1080. The second-order valence-electron chi connectivity index (χ2n) is 11.1. The van der Waals surface area contributed by atoms with Gasteiger partial charge in [0.15, 0.2) is 0 Å². The normalized spacial score (nSPS) is 31.9. The number of hydrogen-bond donors (Lipinski definition) is 2. The Labute approximate surface area is 191 Å². The summed E-state index contributed by atoms with van der Waals surface area (Å²) in [5.41, 5.74) is 2.86. The van der Waals surface area contributed by atoms with Crippen molar-refractivity contribution in [2.75, 3.05) is 17.7 Å². The fourth-order valence-corrected chi connectivity index (χ4v) is 9.00. The van der Waals surface area contributed by atoms with Gasteiger partial charge >= 0.3 is 0 Å². The molecule has 0 radical (unpaired) electrons. The zero-order valence-electron chi connectivity index (χ0n) is 19.0. The summed E-state index contributed by atoms with van der Waals surface area (Å²) >= 11 is 0. The molecule has 4 aliphatic carbocycles. The van der Waals surface area contributed by atoms with Crippen LogP contribution < -0.4 is 10.6 Å². The highest BCUT2D eigenvalue weighted by Crippen LogP contribution is 2.58. The molecule has 0 amide bonds. The first-order valence-corrected chi connectivity index (χ1v) is 13.4. The Morgan fingerprint density at radius 3 is 1.88 bits per heavy atom. The van der Waals surface area contributed by atoms with Crippen LogP contribution in [-0.2, 0) is 16.4 Å². The van der Waals surface area contributed by atoms with E-state index in [9.17, 15) is 8.42 Å². The Kier molecular flexibility index (Phi) is 4.48. The second-order valence-corrected chi connectivity index (χ2v) is 13.0. The van der Waals surface area contributed by atoms with Crippen LogP contribution in [0.25, 0.3) is 0 Å². The molecule has 5 aliphatic rings. The van der Waals surface area contributed by atoms with E-state index in [0.717, 1.165) is 60.4 Å². The number of sulfonamides is 1. The van der Waals surface area contributed by atoms with Crippen molar-refractivity contribution in [3.05, 3.63) is 54.1 Å². The SMILES string of the molecule is CN(C12CC3CC(CC(C3)C1)C2)S(=O)(=O)c1ccc(CC2(C)Nc3ccccc3N2)cc1. The third-order valence-corrected chi connectivity index (χ3v) is 10.5. The van der Waals surface area contributed by atoms with Gasteiger partial charge in [0.05, 0.1) is 16.3 Å². The van der Waals surface area contributed by atoms with E-state index in [0.29, 0.717) is 4.90 Å². The van der Waals surface area contributed by atoms with Crippen molar-refractivity contribution in [3.63, 3.8) is 0 Å². The number of hydrogen-bond acceptors (Lipinski definition) is 4. The van der Waals surface area contributed by atoms with Gasteiger partial charge in [-0.3, -0.25) is 0 Å². The minimum Gasteiger partial charge on any atom is -0.361 e. The van der Waals surface area contributed by atoms with Crippen LogP contribution in [0.3, 0.4) is 0 Å². The predicted molar refractivity (Wildman–Crippen MR) is 128 cm³/mol. The van der Waals surface area contributed by atoms with E-state index in [2.05, 4.69) is 29.7 Å². The quantitative estimate of drug-likeness (QED) is 0.666. The Balaban J connectivity index is 1.20. The molecule has 4 saturated carbocycles. The minimum absolute atomic E-state index is 0.163. The summed E-state index contributed by atoms with van der Waals surface area (Å²) in [5, 5.41) is 7.12. The Hall–Kier alpha value is -2.05. The molecule has 4 bridgehead atoms. The lowest BCUT2D eigenvalue weighted by Crippen LogP contribution is -2.60. The maximum absolute atomic E-state index is 13.6. The average molecular weight is 452 g/mol. The second kappa shape index (κ2) is 6.97. The average Bonchev–Trinajstić information content (AvgIpc) is 3.08. The third kappa shape index (κ3) is 3.26. The molecule has 1 aliphatic heterocycles. The van der Waals surface area contributed by atoms with E-state index >= 15 is 0 Å². The van der Waals surface area contributed by atoms with Gasteiger partial charge in [-0.25, -0.2) is 8.42 Å². The van der Waals surface area contributed by atoms with Gasteiger partial charge in [-0.1, -0.05) is 24.3 Å². The maximum atomic E-state index is 13.6. The third-order valence-electron chi connectivity index (χ3n) is 8.56. The highest BCUT2D eigenvalue weighted by Gasteiger charge is 2.55. The molecule has 1 heterocycles. The van der Waals surface area contributed by atoms with Crippen molar-refractivity contribution in [1.29, 1.82) is 0 Å². The lowest BCUT2D eigenvalue weighted by Gasteiger charge is -2.59. The molecule has 4 fully saturated rings.